The summed E-state index contributed by atoms with van der Waals surface area (Å²) < 4.78 is 5.68. The van der Waals surface area contributed by atoms with Gasteiger partial charge in [-0.2, -0.15) is 0 Å². The molecule has 0 aliphatic heterocycles. The fourth-order valence-electron chi connectivity index (χ4n) is 2.88. The van der Waals surface area contributed by atoms with Crippen LogP contribution in [0, 0.1) is 0 Å². The Bertz CT molecular complexity index is 974. The van der Waals surface area contributed by atoms with Gasteiger partial charge in [0.1, 0.15) is 12.4 Å². The molecule has 1 atom stereocenters. The molecule has 0 aromatic heterocycles. The van der Waals surface area contributed by atoms with E-state index in [-0.39, 0.29) is 24.2 Å². The van der Waals surface area contributed by atoms with Crippen LogP contribution in [0.4, 0.5) is 0 Å². The lowest BCUT2D eigenvalue weighted by molar-refractivity contribution is -0.122. The number of halogens is 1. The molecule has 0 aliphatic carbocycles. The minimum Gasteiger partial charge on any atom is -0.489 e. The predicted molar refractivity (Wildman–Crippen MR) is 117 cm³/mol. The standard InChI is InChI=1S/C24H23ClN2O3/c1-17(19-5-3-2-4-6-19)15-23(28)26-27-24(29)20-9-7-18(8-10-20)16-30-22-13-11-21(25)12-14-22/h2-14,17H,15-16H2,1H3,(H,26,28)(H,27,29)/t17-/m1/s1. The third-order valence-corrected chi connectivity index (χ3v) is 4.86. The van der Waals surface area contributed by atoms with Crippen molar-refractivity contribution in [3.63, 3.8) is 0 Å². The first-order valence-electron chi connectivity index (χ1n) is 9.62. The number of hydrogen-bond donors (Lipinski definition) is 2. The number of carbonyl (C=O) groups is 2. The van der Waals surface area contributed by atoms with Gasteiger partial charge in [-0.3, -0.25) is 20.4 Å². The van der Waals surface area contributed by atoms with E-state index in [1.54, 1.807) is 36.4 Å². The van der Waals surface area contributed by atoms with Crippen molar-refractivity contribution in [2.24, 2.45) is 0 Å². The highest BCUT2D eigenvalue weighted by atomic mass is 35.5. The summed E-state index contributed by atoms with van der Waals surface area (Å²) in [5.74, 6) is 0.158. The van der Waals surface area contributed by atoms with Crippen molar-refractivity contribution >= 4 is 23.4 Å². The van der Waals surface area contributed by atoms with Crippen molar-refractivity contribution in [1.82, 2.24) is 10.9 Å². The van der Waals surface area contributed by atoms with Crippen molar-refractivity contribution < 1.29 is 14.3 Å². The summed E-state index contributed by atoms with van der Waals surface area (Å²) >= 11 is 5.85. The van der Waals surface area contributed by atoms with Gasteiger partial charge in [-0.05, 0) is 53.4 Å². The van der Waals surface area contributed by atoms with Gasteiger partial charge >= 0.3 is 0 Å². The molecule has 0 saturated carbocycles. The molecule has 2 N–H and O–H groups in total. The number of rotatable bonds is 7. The van der Waals surface area contributed by atoms with Gasteiger partial charge in [0.05, 0.1) is 0 Å². The Kier molecular flexibility index (Phi) is 7.46. The zero-order valence-electron chi connectivity index (χ0n) is 16.6. The van der Waals surface area contributed by atoms with Crippen LogP contribution in [0.2, 0.25) is 5.02 Å². The van der Waals surface area contributed by atoms with Gasteiger partial charge in [-0.25, -0.2) is 0 Å². The van der Waals surface area contributed by atoms with Gasteiger partial charge < -0.3 is 4.74 Å². The third-order valence-electron chi connectivity index (χ3n) is 4.61. The lowest BCUT2D eigenvalue weighted by Crippen LogP contribution is -2.42. The fraction of sp³-hybridized carbons (Fsp3) is 0.167. The molecular weight excluding hydrogens is 400 g/mol. The monoisotopic (exact) mass is 422 g/mol. The Hall–Kier alpha value is -3.31. The van der Waals surface area contributed by atoms with Crippen LogP contribution >= 0.6 is 11.6 Å². The van der Waals surface area contributed by atoms with Crippen molar-refractivity contribution in [1.29, 1.82) is 0 Å². The Balaban J connectivity index is 1.44. The molecule has 0 heterocycles. The third kappa shape index (κ3) is 6.36. The van der Waals surface area contributed by atoms with Crippen LogP contribution in [0.5, 0.6) is 5.75 Å². The van der Waals surface area contributed by atoms with E-state index in [4.69, 9.17) is 16.3 Å². The molecule has 0 bridgehead atoms. The van der Waals surface area contributed by atoms with E-state index >= 15 is 0 Å². The molecule has 154 valence electrons. The van der Waals surface area contributed by atoms with Crippen LogP contribution in [0.25, 0.3) is 0 Å². The Labute approximate surface area is 181 Å². The van der Waals surface area contributed by atoms with Crippen molar-refractivity contribution in [3.8, 4) is 5.75 Å². The van der Waals surface area contributed by atoms with Crippen LogP contribution in [-0.2, 0) is 11.4 Å². The molecule has 2 amide bonds. The second-order valence-corrected chi connectivity index (χ2v) is 7.39. The van der Waals surface area contributed by atoms with Crippen molar-refractivity contribution in [2.75, 3.05) is 0 Å². The largest absolute Gasteiger partial charge is 0.489 e. The van der Waals surface area contributed by atoms with Crippen LogP contribution in [0.1, 0.15) is 40.7 Å². The molecule has 0 spiro atoms. The van der Waals surface area contributed by atoms with E-state index in [2.05, 4.69) is 10.9 Å². The second kappa shape index (κ2) is 10.5. The van der Waals surface area contributed by atoms with Gasteiger partial charge in [0.15, 0.2) is 0 Å². The van der Waals surface area contributed by atoms with Crippen LogP contribution < -0.4 is 15.6 Å². The van der Waals surface area contributed by atoms with Crippen LogP contribution in [-0.4, -0.2) is 11.8 Å². The molecular formula is C24H23ClN2O3. The number of carbonyl (C=O) groups excluding carboxylic acids is 2. The van der Waals surface area contributed by atoms with E-state index in [1.807, 2.05) is 49.4 Å². The normalized spacial score (nSPS) is 11.4. The second-order valence-electron chi connectivity index (χ2n) is 6.96. The molecule has 3 rings (SSSR count). The average molecular weight is 423 g/mol. The predicted octanol–water partition coefficient (Wildman–Crippen LogP) is 4.87. The smallest absolute Gasteiger partial charge is 0.269 e. The maximum Gasteiger partial charge on any atom is 0.269 e. The average Bonchev–Trinajstić information content (AvgIpc) is 2.78. The molecule has 0 fully saturated rings. The van der Waals surface area contributed by atoms with Gasteiger partial charge in [0.25, 0.3) is 5.91 Å². The minimum atomic E-state index is -0.374. The molecule has 3 aromatic carbocycles. The van der Waals surface area contributed by atoms with E-state index in [0.717, 1.165) is 11.1 Å². The summed E-state index contributed by atoms with van der Waals surface area (Å²) in [4.78, 5) is 24.4. The van der Waals surface area contributed by atoms with E-state index in [9.17, 15) is 9.59 Å². The van der Waals surface area contributed by atoms with E-state index < -0.39 is 0 Å². The van der Waals surface area contributed by atoms with Crippen molar-refractivity contribution in [3.05, 3.63) is 101 Å². The number of hydrogen-bond acceptors (Lipinski definition) is 3. The summed E-state index contributed by atoms with van der Waals surface area (Å²) in [5, 5.41) is 0.652. The summed E-state index contributed by atoms with van der Waals surface area (Å²) in [6.07, 6.45) is 0.283. The molecule has 6 heteroatoms. The van der Waals surface area contributed by atoms with Crippen LogP contribution in [0.15, 0.2) is 78.9 Å². The number of amides is 2. The molecule has 0 radical (unpaired) electrons. The van der Waals surface area contributed by atoms with Gasteiger partial charge in [-0.1, -0.05) is 61.0 Å². The topological polar surface area (TPSA) is 67.4 Å². The number of benzene rings is 3. The lowest BCUT2D eigenvalue weighted by Gasteiger charge is -2.13. The molecule has 30 heavy (non-hydrogen) atoms. The number of hydrazine groups is 1. The van der Waals surface area contributed by atoms with Gasteiger partial charge in [-0.15, -0.1) is 0 Å². The molecule has 5 nitrogen and oxygen atoms in total. The molecule has 3 aromatic rings. The van der Waals surface area contributed by atoms with Crippen LogP contribution in [0.3, 0.4) is 0 Å². The Morgan fingerprint density at radius 2 is 1.57 bits per heavy atom. The first-order chi connectivity index (χ1) is 14.5. The summed E-state index contributed by atoms with van der Waals surface area (Å²) in [6, 6.07) is 23.9. The fourth-order valence-corrected chi connectivity index (χ4v) is 3.00. The highest BCUT2D eigenvalue weighted by molar-refractivity contribution is 6.30. The summed E-state index contributed by atoms with van der Waals surface area (Å²) in [5.41, 5.74) is 7.37. The molecule has 0 aliphatic rings. The zero-order chi connectivity index (χ0) is 21.3. The van der Waals surface area contributed by atoms with Crippen molar-refractivity contribution in [2.45, 2.75) is 25.9 Å². The highest BCUT2D eigenvalue weighted by Gasteiger charge is 2.12. The minimum absolute atomic E-state index is 0.0584. The molecule has 0 saturated heterocycles. The van der Waals surface area contributed by atoms with E-state index in [1.165, 1.54) is 0 Å². The number of ether oxygens (including phenoxy) is 1. The Morgan fingerprint density at radius 3 is 2.23 bits per heavy atom. The highest BCUT2D eigenvalue weighted by Crippen LogP contribution is 2.18. The van der Waals surface area contributed by atoms with Gasteiger partial charge in [0.2, 0.25) is 5.91 Å². The summed E-state index contributed by atoms with van der Waals surface area (Å²) in [7, 11) is 0. The maximum absolute atomic E-state index is 12.3. The van der Waals surface area contributed by atoms with Gasteiger partial charge in [0, 0.05) is 17.0 Å². The first kappa shape index (κ1) is 21.4. The SMILES string of the molecule is C[C@H](CC(=O)NNC(=O)c1ccc(COc2ccc(Cl)cc2)cc1)c1ccccc1. The summed E-state index contributed by atoms with van der Waals surface area (Å²) in [6.45, 7) is 2.35. The maximum atomic E-state index is 12.3. The van der Waals surface area contributed by atoms with E-state index in [0.29, 0.717) is 22.9 Å². The number of nitrogens with one attached hydrogen (secondary N) is 2. The lowest BCUT2D eigenvalue weighted by atomic mass is 9.98. The quantitative estimate of drug-likeness (QED) is 0.533. The Morgan fingerprint density at radius 1 is 0.900 bits per heavy atom. The zero-order valence-corrected chi connectivity index (χ0v) is 17.4. The first-order valence-corrected chi connectivity index (χ1v) is 10.0. The molecule has 0 unspecified atom stereocenters.